The van der Waals surface area contributed by atoms with Gasteiger partial charge >= 0.3 is 6.36 Å². The standard InChI is InChI=1S/C21H32F3N5O2/c1-4-25-20(27-15-16-9-5-6-11-18(16)31-21(22,23)24)26-12-8-14-29-13-7-10-17(29)19(30)28(2)3/h5-6,9,11,17H,4,7-8,10,12-15H2,1-3H3,(H2,25,26,27). The summed E-state index contributed by atoms with van der Waals surface area (Å²) in [6.07, 6.45) is -2.03. The number of likely N-dealkylation sites (N-methyl/N-ethyl adjacent to an activating group) is 1. The van der Waals surface area contributed by atoms with Crippen LogP contribution in [0.4, 0.5) is 13.2 Å². The van der Waals surface area contributed by atoms with Crippen LogP contribution in [0.1, 0.15) is 31.7 Å². The third-order valence-corrected chi connectivity index (χ3v) is 4.95. The lowest BCUT2D eigenvalue weighted by Gasteiger charge is -2.26. The fraction of sp³-hybridized carbons (Fsp3) is 0.619. The zero-order valence-corrected chi connectivity index (χ0v) is 18.3. The van der Waals surface area contributed by atoms with E-state index in [0.717, 1.165) is 32.4 Å². The van der Waals surface area contributed by atoms with E-state index in [4.69, 9.17) is 0 Å². The maximum Gasteiger partial charge on any atom is 0.573 e. The van der Waals surface area contributed by atoms with Crippen LogP contribution in [-0.2, 0) is 11.3 Å². The summed E-state index contributed by atoms with van der Waals surface area (Å²) in [7, 11) is 3.55. The van der Waals surface area contributed by atoms with Gasteiger partial charge in [-0.1, -0.05) is 18.2 Å². The summed E-state index contributed by atoms with van der Waals surface area (Å²) in [5.41, 5.74) is 0.346. The minimum Gasteiger partial charge on any atom is -0.405 e. The van der Waals surface area contributed by atoms with E-state index in [1.54, 1.807) is 31.1 Å². The molecular formula is C21H32F3N5O2. The number of carbonyl (C=O) groups excluding carboxylic acids is 1. The Hall–Kier alpha value is -2.49. The van der Waals surface area contributed by atoms with Gasteiger partial charge in [0.1, 0.15) is 5.75 Å². The van der Waals surface area contributed by atoms with Crippen molar-refractivity contribution in [3.05, 3.63) is 29.8 Å². The molecule has 0 radical (unpaired) electrons. The number of ether oxygens (including phenoxy) is 1. The molecule has 1 saturated heterocycles. The Morgan fingerprint density at radius 1 is 1.29 bits per heavy atom. The zero-order valence-electron chi connectivity index (χ0n) is 18.3. The van der Waals surface area contributed by atoms with Crippen molar-refractivity contribution in [1.82, 2.24) is 20.4 Å². The predicted octanol–water partition coefficient (Wildman–Crippen LogP) is 2.58. The fourth-order valence-corrected chi connectivity index (χ4v) is 3.53. The molecule has 1 aromatic rings. The van der Waals surface area contributed by atoms with Crippen LogP contribution < -0.4 is 15.4 Å². The monoisotopic (exact) mass is 443 g/mol. The van der Waals surface area contributed by atoms with Crippen LogP contribution in [0, 0.1) is 0 Å². The molecule has 1 atom stereocenters. The number of hydrogen-bond donors (Lipinski definition) is 2. The van der Waals surface area contributed by atoms with E-state index in [9.17, 15) is 18.0 Å². The molecule has 31 heavy (non-hydrogen) atoms. The fourth-order valence-electron chi connectivity index (χ4n) is 3.53. The van der Waals surface area contributed by atoms with Crippen LogP contribution in [0.2, 0.25) is 0 Å². The van der Waals surface area contributed by atoms with Crippen LogP contribution in [0.25, 0.3) is 0 Å². The molecule has 174 valence electrons. The number of nitrogens with one attached hydrogen (secondary N) is 2. The first-order valence-corrected chi connectivity index (χ1v) is 10.5. The number of aliphatic imine (C=N–C) groups is 1. The highest BCUT2D eigenvalue weighted by Crippen LogP contribution is 2.26. The number of hydrogen-bond acceptors (Lipinski definition) is 4. The predicted molar refractivity (Wildman–Crippen MR) is 114 cm³/mol. The Balaban J connectivity index is 1.88. The summed E-state index contributed by atoms with van der Waals surface area (Å²) in [6.45, 7) is 4.92. The van der Waals surface area contributed by atoms with Crippen LogP contribution in [0.5, 0.6) is 5.75 Å². The lowest BCUT2D eigenvalue weighted by atomic mass is 10.2. The summed E-state index contributed by atoms with van der Waals surface area (Å²) in [6, 6.07) is 5.92. The van der Waals surface area contributed by atoms with E-state index in [1.807, 2.05) is 6.92 Å². The normalized spacial score (nSPS) is 17.5. The van der Waals surface area contributed by atoms with E-state index in [-0.39, 0.29) is 24.2 Å². The Morgan fingerprint density at radius 3 is 2.71 bits per heavy atom. The highest BCUT2D eigenvalue weighted by Gasteiger charge is 2.32. The molecule has 0 spiro atoms. The number of carbonyl (C=O) groups is 1. The molecule has 2 N–H and O–H groups in total. The van der Waals surface area contributed by atoms with Gasteiger partial charge in [-0.2, -0.15) is 0 Å². The highest BCUT2D eigenvalue weighted by atomic mass is 19.4. The number of halogens is 3. The minimum absolute atomic E-state index is 0.0487. The summed E-state index contributed by atoms with van der Waals surface area (Å²) in [4.78, 5) is 20.5. The molecule has 1 aromatic carbocycles. The molecule has 7 nitrogen and oxygen atoms in total. The van der Waals surface area contributed by atoms with Gasteiger partial charge in [0.2, 0.25) is 5.91 Å². The molecule has 0 saturated carbocycles. The molecule has 0 bridgehead atoms. The van der Waals surface area contributed by atoms with Crippen molar-refractivity contribution in [3.63, 3.8) is 0 Å². The van der Waals surface area contributed by atoms with Crippen molar-refractivity contribution in [3.8, 4) is 5.75 Å². The maximum atomic E-state index is 12.6. The van der Waals surface area contributed by atoms with Crippen molar-refractivity contribution < 1.29 is 22.7 Å². The number of guanidine groups is 1. The lowest BCUT2D eigenvalue weighted by molar-refractivity contribution is -0.274. The largest absolute Gasteiger partial charge is 0.573 e. The molecule has 0 aliphatic carbocycles. The Labute approximate surface area is 181 Å². The number of rotatable bonds is 9. The van der Waals surface area contributed by atoms with E-state index >= 15 is 0 Å². The average Bonchev–Trinajstić information content (AvgIpc) is 3.16. The van der Waals surface area contributed by atoms with E-state index in [0.29, 0.717) is 24.6 Å². The molecule has 1 aliphatic heterocycles. The van der Waals surface area contributed by atoms with Crippen LogP contribution in [0.3, 0.4) is 0 Å². The summed E-state index contributed by atoms with van der Waals surface area (Å²) in [5, 5.41) is 6.30. The van der Waals surface area contributed by atoms with Gasteiger partial charge in [-0.05, 0) is 38.8 Å². The van der Waals surface area contributed by atoms with E-state index < -0.39 is 6.36 Å². The first kappa shape index (κ1) is 24.8. The minimum atomic E-state index is -4.75. The second-order valence-electron chi connectivity index (χ2n) is 7.56. The zero-order chi connectivity index (χ0) is 22.9. The Morgan fingerprint density at radius 2 is 2.03 bits per heavy atom. The number of para-hydroxylation sites is 1. The average molecular weight is 444 g/mol. The molecule has 1 amide bonds. The van der Waals surface area contributed by atoms with Gasteiger partial charge < -0.3 is 20.3 Å². The number of nitrogens with zero attached hydrogens (tertiary/aromatic N) is 3. The van der Waals surface area contributed by atoms with Gasteiger partial charge in [0, 0.05) is 39.3 Å². The molecule has 1 fully saturated rings. The third-order valence-electron chi connectivity index (χ3n) is 4.95. The molecule has 2 rings (SSSR count). The smallest absolute Gasteiger partial charge is 0.405 e. The number of benzene rings is 1. The molecule has 1 aliphatic rings. The van der Waals surface area contributed by atoms with Gasteiger partial charge in [-0.25, -0.2) is 4.99 Å². The Kier molecular flexibility index (Phi) is 9.42. The van der Waals surface area contributed by atoms with Crippen molar-refractivity contribution in [2.45, 2.75) is 45.1 Å². The van der Waals surface area contributed by atoms with Crippen molar-refractivity contribution in [1.29, 1.82) is 0 Å². The van der Waals surface area contributed by atoms with E-state index in [1.165, 1.54) is 12.1 Å². The van der Waals surface area contributed by atoms with Crippen LogP contribution in [-0.4, -0.2) is 74.3 Å². The molecule has 1 heterocycles. The highest BCUT2D eigenvalue weighted by molar-refractivity contribution is 5.81. The topological polar surface area (TPSA) is 69.2 Å². The van der Waals surface area contributed by atoms with Crippen LogP contribution >= 0.6 is 0 Å². The van der Waals surface area contributed by atoms with Gasteiger partial charge in [-0.3, -0.25) is 9.69 Å². The number of likely N-dealkylation sites (tertiary alicyclic amines) is 1. The first-order chi connectivity index (χ1) is 14.7. The van der Waals surface area contributed by atoms with Crippen LogP contribution in [0.15, 0.2) is 29.3 Å². The summed E-state index contributed by atoms with van der Waals surface area (Å²) >= 11 is 0. The number of alkyl halides is 3. The molecule has 1 unspecified atom stereocenters. The SMILES string of the molecule is CCNC(=NCc1ccccc1OC(F)(F)F)NCCCN1CCCC1C(=O)N(C)C. The lowest BCUT2D eigenvalue weighted by Crippen LogP contribution is -2.44. The van der Waals surface area contributed by atoms with Gasteiger partial charge in [-0.15, -0.1) is 13.2 Å². The summed E-state index contributed by atoms with van der Waals surface area (Å²) in [5.74, 6) is 0.409. The second-order valence-corrected chi connectivity index (χ2v) is 7.56. The molecule has 10 heteroatoms. The Bertz CT molecular complexity index is 740. The second kappa shape index (κ2) is 11.8. The van der Waals surface area contributed by atoms with Gasteiger partial charge in [0.05, 0.1) is 12.6 Å². The molecule has 0 aromatic heterocycles. The van der Waals surface area contributed by atoms with E-state index in [2.05, 4.69) is 25.3 Å². The third kappa shape index (κ3) is 8.28. The summed E-state index contributed by atoms with van der Waals surface area (Å²) < 4.78 is 41.8. The van der Waals surface area contributed by atoms with Crippen molar-refractivity contribution in [2.24, 2.45) is 4.99 Å². The first-order valence-electron chi connectivity index (χ1n) is 10.5. The molecular weight excluding hydrogens is 411 g/mol. The van der Waals surface area contributed by atoms with Gasteiger partial charge in [0.25, 0.3) is 0 Å². The maximum absolute atomic E-state index is 12.6. The quantitative estimate of drug-likeness (QED) is 0.349. The number of amides is 1. The van der Waals surface area contributed by atoms with Gasteiger partial charge in [0.15, 0.2) is 5.96 Å². The van der Waals surface area contributed by atoms with Crippen molar-refractivity contribution in [2.75, 3.05) is 40.3 Å². The van der Waals surface area contributed by atoms with Crippen molar-refractivity contribution >= 4 is 11.9 Å².